The number of nitrogens with one attached hydrogen (secondary N) is 1. The Hall–Kier alpha value is -0.690. The fourth-order valence-electron chi connectivity index (χ4n) is 3.27. The molecule has 1 nitrogen and oxygen atoms in total. The van der Waals surface area contributed by atoms with Crippen molar-refractivity contribution in [2.24, 2.45) is 17.3 Å². The van der Waals surface area contributed by atoms with Crippen molar-refractivity contribution in [2.45, 2.75) is 53.4 Å². The van der Waals surface area contributed by atoms with Gasteiger partial charge >= 0.3 is 0 Å². The molecule has 0 amide bonds. The molecule has 0 saturated heterocycles. The van der Waals surface area contributed by atoms with Crippen LogP contribution in [0.25, 0.3) is 0 Å². The zero-order valence-corrected chi connectivity index (χ0v) is 14.1. The van der Waals surface area contributed by atoms with Crippen molar-refractivity contribution in [2.75, 3.05) is 11.9 Å². The molecule has 0 spiro atoms. The maximum absolute atomic E-state index is 6.07. The molecule has 1 aromatic rings. The van der Waals surface area contributed by atoms with Gasteiger partial charge in [0.1, 0.15) is 0 Å². The molecule has 0 aromatic heterocycles. The molecule has 1 aliphatic rings. The zero-order chi connectivity index (χ0) is 14.8. The van der Waals surface area contributed by atoms with Crippen molar-refractivity contribution in [1.29, 1.82) is 0 Å². The van der Waals surface area contributed by atoms with Crippen molar-refractivity contribution in [3.8, 4) is 0 Å². The van der Waals surface area contributed by atoms with Gasteiger partial charge in [-0.3, -0.25) is 0 Å². The van der Waals surface area contributed by atoms with Crippen LogP contribution in [-0.4, -0.2) is 6.54 Å². The molecule has 112 valence electrons. The summed E-state index contributed by atoms with van der Waals surface area (Å²) in [6.07, 6.45) is 5.47. The summed E-state index contributed by atoms with van der Waals surface area (Å²) in [6.45, 7) is 10.4. The van der Waals surface area contributed by atoms with Gasteiger partial charge in [-0.1, -0.05) is 38.4 Å². The largest absolute Gasteiger partial charge is 0.385 e. The Balaban J connectivity index is 1.83. The molecule has 0 atom stereocenters. The van der Waals surface area contributed by atoms with E-state index in [9.17, 15) is 0 Å². The SMILES string of the molecule is Cc1ccc(Cl)cc1NCC1CCC(C(C)(C)C)CC1. The minimum atomic E-state index is 0.474. The van der Waals surface area contributed by atoms with Gasteiger partial charge in [-0.15, -0.1) is 0 Å². The predicted octanol–water partition coefficient (Wildman–Crippen LogP) is 5.91. The van der Waals surface area contributed by atoms with E-state index in [0.29, 0.717) is 5.41 Å². The summed E-state index contributed by atoms with van der Waals surface area (Å²) in [4.78, 5) is 0. The van der Waals surface area contributed by atoms with Crippen LogP contribution >= 0.6 is 11.6 Å². The van der Waals surface area contributed by atoms with Gasteiger partial charge in [0, 0.05) is 17.3 Å². The maximum atomic E-state index is 6.07. The van der Waals surface area contributed by atoms with E-state index in [1.165, 1.54) is 36.9 Å². The average Bonchev–Trinajstić information content (AvgIpc) is 2.39. The van der Waals surface area contributed by atoms with E-state index in [1.807, 2.05) is 12.1 Å². The average molecular weight is 294 g/mol. The first-order chi connectivity index (χ1) is 9.36. The molecule has 0 heterocycles. The van der Waals surface area contributed by atoms with E-state index in [1.54, 1.807) is 0 Å². The molecule has 1 saturated carbocycles. The van der Waals surface area contributed by atoms with Crippen molar-refractivity contribution < 1.29 is 0 Å². The van der Waals surface area contributed by atoms with E-state index < -0.39 is 0 Å². The number of hydrogen-bond acceptors (Lipinski definition) is 1. The molecule has 0 bridgehead atoms. The number of anilines is 1. The van der Waals surface area contributed by atoms with Crippen LogP contribution in [-0.2, 0) is 0 Å². The fraction of sp³-hybridized carbons (Fsp3) is 0.667. The van der Waals surface area contributed by atoms with E-state index in [4.69, 9.17) is 11.6 Å². The highest BCUT2D eigenvalue weighted by Gasteiger charge is 2.29. The van der Waals surface area contributed by atoms with Gasteiger partial charge in [-0.05, 0) is 67.6 Å². The van der Waals surface area contributed by atoms with Gasteiger partial charge in [-0.2, -0.15) is 0 Å². The van der Waals surface area contributed by atoms with E-state index >= 15 is 0 Å². The quantitative estimate of drug-likeness (QED) is 0.730. The van der Waals surface area contributed by atoms with Crippen molar-refractivity contribution in [3.63, 3.8) is 0 Å². The van der Waals surface area contributed by atoms with Gasteiger partial charge in [0.2, 0.25) is 0 Å². The third kappa shape index (κ3) is 4.15. The lowest BCUT2D eigenvalue weighted by molar-refractivity contribution is 0.153. The summed E-state index contributed by atoms with van der Waals surface area (Å²) in [5.41, 5.74) is 2.94. The molecular weight excluding hydrogens is 266 g/mol. The normalized spacial score (nSPS) is 23.6. The molecule has 1 aromatic carbocycles. The second kappa shape index (κ2) is 6.39. The highest BCUT2D eigenvalue weighted by atomic mass is 35.5. The summed E-state index contributed by atoms with van der Waals surface area (Å²) in [5, 5.41) is 4.41. The Morgan fingerprint density at radius 1 is 1.15 bits per heavy atom. The summed E-state index contributed by atoms with van der Waals surface area (Å²) in [5.74, 6) is 1.71. The van der Waals surface area contributed by atoms with E-state index in [0.717, 1.165) is 23.4 Å². The molecule has 1 aliphatic carbocycles. The minimum absolute atomic E-state index is 0.474. The highest BCUT2D eigenvalue weighted by molar-refractivity contribution is 6.30. The monoisotopic (exact) mass is 293 g/mol. The Morgan fingerprint density at radius 3 is 2.40 bits per heavy atom. The molecule has 0 aliphatic heterocycles. The van der Waals surface area contributed by atoms with Crippen LogP contribution in [0.5, 0.6) is 0 Å². The van der Waals surface area contributed by atoms with Gasteiger partial charge in [0.25, 0.3) is 0 Å². The molecule has 1 fully saturated rings. The second-order valence-electron chi connectivity index (χ2n) is 7.42. The number of rotatable bonds is 3. The lowest BCUT2D eigenvalue weighted by atomic mass is 9.70. The number of aryl methyl sites for hydroxylation is 1. The Kier molecular flexibility index (Phi) is 5.01. The first-order valence-electron chi connectivity index (χ1n) is 7.86. The Morgan fingerprint density at radius 2 is 1.80 bits per heavy atom. The fourth-order valence-corrected chi connectivity index (χ4v) is 3.44. The predicted molar refractivity (Wildman–Crippen MR) is 89.6 cm³/mol. The maximum Gasteiger partial charge on any atom is 0.0426 e. The molecular formula is C18H28ClN. The topological polar surface area (TPSA) is 12.0 Å². The Labute approximate surface area is 129 Å². The molecule has 2 rings (SSSR count). The summed E-state index contributed by atoms with van der Waals surface area (Å²) in [7, 11) is 0. The van der Waals surface area contributed by atoms with Gasteiger partial charge in [-0.25, -0.2) is 0 Å². The standard InChI is InChI=1S/C18H28ClN/c1-13-5-10-16(19)11-17(13)20-12-14-6-8-15(9-7-14)18(2,3)4/h5,10-11,14-15,20H,6-9,12H2,1-4H3. The zero-order valence-electron chi connectivity index (χ0n) is 13.3. The first-order valence-corrected chi connectivity index (χ1v) is 8.24. The van der Waals surface area contributed by atoms with Crippen LogP contribution < -0.4 is 5.32 Å². The second-order valence-corrected chi connectivity index (χ2v) is 7.86. The Bertz CT molecular complexity index is 439. The molecule has 1 N–H and O–H groups in total. The summed E-state index contributed by atoms with van der Waals surface area (Å²) >= 11 is 6.07. The van der Waals surface area contributed by atoms with E-state index in [-0.39, 0.29) is 0 Å². The summed E-state index contributed by atoms with van der Waals surface area (Å²) < 4.78 is 0. The number of halogens is 1. The summed E-state index contributed by atoms with van der Waals surface area (Å²) in [6, 6.07) is 6.08. The highest BCUT2D eigenvalue weighted by Crippen LogP contribution is 2.39. The smallest absolute Gasteiger partial charge is 0.0426 e. The van der Waals surface area contributed by atoms with Crippen LogP contribution in [0.2, 0.25) is 5.02 Å². The minimum Gasteiger partial charge on any atom is -0.385 e. The molecule has 2 heteroatoms. The molecule has 20 heavy (non-hydrogen) atoms. The van der Waals surface area contributed by atoms with E-state index in [2.05, 4.69) is 39.1 Å². The van der Waals surface area contributed by atoms with Gasteiger partial charge in [0.15, 0.2) is 0 Å². The third-order valence-corrected chi connectivity index (χ3v) is 5.09. The molecule has 0 radical (unpaired) electrons. The molecule has 0 unspecified atom stereocenters. The lowest BCUT2D eigenvalue weighted by Crippen LogP contribution is -2.28. The van der Waals surface area contributed by atoms with Crippen molar-refractivity contribution in [1.82, 2.24) is 0 Å². The van der Waals surface area contributed by atoms with Crippen LogP contribution in [0.3, 0.4) is 0 Å². The van der Waals surface area contributed by atoms with Crippen LogP contribution in [0.15, 0.2) is 18.2 Å². The van der Waals surface area contributed by atoms with Gasteiger partial charge in [0.05, 0.1) is 0 Å². The van der Waals surface area contributed by atoms with Gasteiger partial charge < -0.3 is 5.32 Å². The number of hydrogen-bond donors (Lipinski definition) is 1. The van der Waals surface area contributed by atoms with Crippen LogP contribution in [0, 0.1) is 24.2 Å². The van der Waals surface area contributed by atoms with Crippen molar-refractivity contribution in [3.05, 3.63) is 28.8 Å². The number of benzene rings is 1. The first kappa shape index (κ1) is 15.7. The lowest BCUT2D eigenvalue weighted by Gasteiger charge is -2.37. The van der Waals surface area contributed by atoms with Crippen LogP contribution in [0.1, 0.15) is 52.0 Å². The van der Waals surface area contributed by atoms with Crippen molar-refractivity contribution >= 4 is 17.3 Å². The third-order valence-electron chi connectivity index (χ3n) is 4.85. The van der Waals surface area contributed by atoms with Crippen LogP contribution in [0.4, 0.5) is 5.69 Å².